The highest BCUT2D eigenvalue weighted by Crippen LogP contribution is 1.99. The highest BCUT2D eigenvalue weighted by Gasteiger charge is 2.10. The summed E-state index contributed by atoms with van der Waals surface area (Å²) in [7, 11) is 1.97. The van der Waals surface area contributed by atoms with Crippen molar-refractivity contribution < 1.29 is 9.47 Å². The third-order valence-electron chi connectivity index (χ3n) is 4.79. The molecule has 168 valence electrons. The summed E-state index contributed by atoms with van der Waals surface area (Å²) >= 11 is 0. The van der Waals surface area contributed by atoms with Crippen molar-refractivity contribution in [2.75, 3.05) is 59.2 Å². The molecule has 2 N–H and O–H groups in total. The smallest absolute Gasteiger partial charge is 0.191 e. The van der Waals surface area contributed by atoms with Gasteiger partial charge in [0.1, 0.15) is 12.4 Å². The average Bonchev–Trinajstić information content (AvgIpc) is 3.03. The first-order valence-electron chi connectivity index (χ1n) is 10.5. The number of morpholine rings is 1. The van der Waals surface area contributed by atoms with E-state index in [1.54, 1.807) is 0 Å². The van der Waals surface area contributed by atoms with Crippen LogP contribution in [0.25, 0.3) is 0 Å². The van der Waals surface area contributed by atoms with Crippen LogP contribution in [0.2, 0.25) is 0 Å². The lowest BCUT2D eigenvalue weighted by Crippen LogP contribution is -2.44. The minimum Gasteiger partial charge on any atom is -0.381 e. The van der Waals surface area contributed by atoms with Crippen LogP contribution in [0.15, 0.2) is 4.99 Å². The molecule has 0 aliphatic carbocycles. The van der Waals surface area contributed by atoms with E-state index >= 15 is 0 Å². The van der Waals surface area contributed by atoms with Gasteiger partial charge in [-0.05, 0) is 19.8 Å². The molecule has 1 aromatic heterocycles. The van der Waals surface area contributed by atoms with Gasteiger partial charge in [-0.25, -0.2) is 4.99 Å². The van der Waals surface area contributed by atoms with Gasteiger partial charge >= 0.3 is 0 Å². The molecule has 0 unspecified atom stereocenters. The van der Waals surface area contributed by atoms with Crippen LogP contribution in [0.3, 0.4) is 0 Å². The van der Waals surface area contributed by atoms with Crippen LogP contribution in [0, 0.1) is 6.92 Å². The summed E-state index contributed by atoms with van der Waals surface area (Å²) in [6, 6.07) is 0. The Morgan fingerprint density at radius 1 is 1.14 bits per heavy atom. The first-order valence-corrected chi connectivity index (χ1v) is 10.5. The number of rotatable bonds is 12. The van der Waals surface area contributed by atoms with E-state index in [2.05, 4.69) is 37.6 Å². The van der Waals surface area contributed by atoms with Crippen molar-refractivity contribution in [3.8, 4) is 0 Å². The maximum atomic E-state index is 5.62. The zero-order valence-electron chi connectivity index (χ0n) is 18.2. The number of nitrogens with one attached hydrogen (secondary N) is 2. The Labute approximate surface area is 192 Å². The van der Waals surface area contributed by atoms with Gasteiger partial charge in [0.25, 0.3) is 0 Å². The number of ether oxygens (including phenoxy) is 2. The second-order valence-electron chi connectivity index (χ2n) is 7.01. The maximum Gasteiger partial charge on any atom is 0.191 e. The Bertz CT molecular complexity index is 577. The topological polar surface area (TPSA) is 88.8 Å². The standard InChI is InChI=1S/C19H37N7O2.HI/c1-4-5-12-27-13-6-7-20-19(21-8-9-26-10-14-28-15-11-26)22-16-18-24-23-17(2)25(18)3;/h4-16H2,1-3H3,(H2,20,21,22);1H. The van der Waals surface area contributed by atoms with Crippen LogP contribution in [-0.4, -0.2) is 84.8 Å². The van der Waals surface area contributed by atoms with E-state index in [0.717, 1.165) is 89.6 Å². The molecule has 2 rings (SSSR count). The molecule has 0 bridgehead atoms. The van der Waals surface area contributed by atoms with Gasteiger partial charge in [-0.1, -0.05) is 13.3 Å². The van der Waals surface area contributed by atoms with E-state index in [4.69, 9.17) is 9.47 Å². The van der Waals surface area contributed by atoms with Crippen LogP contribution in [0.1, 0.15) is 37.8 Å². The number of guanidine groups is 1. The first kappa shape index (κ1) is 26.1. The molecule has 10 heteroatoms. The number of aromatic nitrogens is 3. The zero-order chi connectivity index (χ0) is 20.0. The fourth-order valence-electron chi connectivity index (χ4n) is 2.80. The van der Waals surface area contributed by atoms with E-state index in [1.807, 2.05) is 18.5 Å². The second-order valence-corrected chi connectivity index (χ2v) is 7.01. The zero-order valence-corrected chi connectivity index (χ0v) is 20.5. The van der Waals surface area contributed by atoms with Gasteiger partial charge in [-0.3, -0.25) is 4.90 Å². The molecule has 1 aromatic rings. The van der Waals surface area contributed by atoms with Gasteiger partial charge in [0.15, 0.2) is 11.8 Å². The Morgan fingerprint density at radius 3 is 2.55 bits per heavy atom. The van der Waals surface area contributed by atoms with Crippen molar-refractivity contribution in [1.29, 1.82) is 0 Å². The fourth-order valence-corrected chi connectivity index (χ4v) is 2.80. The molecule has 1 aliphatic rings. The van der Waals surface area contributed by atoms with Crippen LogP contribution in [-0.2, 0) is 23.1 Å². The second kappa shape index (κ2) is 15.8. The lowest BCUT2D eigenvalue weighted by Gasteiger charge is -2.26. The summed E-state index contributed by atoms with van der Waals surface area (Å²) in [6.45, 7) is 12.5. The third kappa shape index (κ3) is 10.6. The van der Waals surface area contributed by atoms with Gasteiger partial charge in [-0.2, -0.15) is 0 Å². The van der Waals surface area contributed by atoms with Gasteiger partial charge in [0, 0.05) is 53.0 Å². The Balaban J connectivity index is 0.00000420. The molecule has 9 nitrogen and oxygen atoms in total. The Kier molecular flexibility index (Phi) is 14.2. The molecule has 0 aromatic carbocycles. The SMILES string of the molecule is CCCCOCCCNC(=NCc1nnc(C)n1C)NCCN1CCOCC1.I. The molecular weight excluding hydrogens is 485 g/mol. The molecule has 2 heterocycles. The minimum absolute atomic E-state index is 0. The predicted molar refractivity (Wildman–Crippen MR) is 126 cm³/mol. The molecule has 1 aliphatic heterocycles. The molecular formula is C19H38IN7O2. The molecule has 1 saturated heterocycles. The molecule has 29 heavy (non-hydrogen) atoms. The Morgan fingerprint density at radius 2 is 1.86 bits per heavy atom. The van der Waals surface area contributed by atoms with Crippen molar-refractivity contribution in [2.24, 2.45) is 12.0 Å². The normalized spacial score (nSPS) is 15.2. The molecule has 0 amide bonds. The minimum atomic E-state index is 0. The van der Waals surface area contributed by atoms with Gasteiger partial charge < -0.3 is 24.7 Å². The summed E-state index contributed by atoms with van der Waals surface area (Å²) in [4.78, 5) is 7.09. The van der Waals surface area contributed by atoms with Crippen molar-refractivity contribution >= 4 is 29.9 Å². The summed E-state index contributed by atoms with van der Waals surface area (Å²) in [5, 5.41) is 15.1. The van der Waals surface area contributed by atoms with Crippen molar-refractivity contribution in [1.82, 2.24) is 30.3 Å². The van der Waals surface area contributed by atoms with Gasteiger partial charge in [0.05, 0.1) is 13.2 Å². The largest absolute Gasteiger partial charge is 0.381 e. The highest BCUT2D eigenvalue weighted by atomic mass is 127. The number of hydrogen-bond acceptors (Lipinski definition) is 6. The number of aryl methyl sites for hydroxylation is 1. The lowest BCUT2D eigenvalue weighted by molar-refractivity contribution is 0.0389. The van der Waals surface area contributed by atoms with E-state index in [-0.39, 0.29) is 24.0 Å². The summed E-state index contributed by atoms with van der Waals surface area (Å²) < 4.78 is 13.0. The monoisotopic (exact) mass is 523 g/mol. The van der Waals surface area contributed by atoms with E-state index < -0.39 is 0 Å². The van der Waals surface area contributed by atoms with Crippen LogP contribution in [0.4, 0.5) is 0 Å². The summed E-state index contributed by atoms with van der Waals surface area (Å²) in [6.07, 6.45) is 3.25. The number of aliphatic imine (C=N–C) groups is 1. The highest BCUT2D eigenvalue weighted by molar-refractivity contribution is 14.0. The number of nitrogens with zero attached hydrogens (tertiary/aromatic N) is 5. The molecule has 0 saturated carbocycles. The predicted octanol–water partition coefficient (Wildman–Crippen LogP) is 1.32. The molecule has 1 fully saturated rings. The van der Waals surface area contributed by atoms with E-state index in [1.165, 1.54) is 6.42 Å². The number of hydrogen-bond donors (Lipinski definition) is 2. The van der Waals surface area contributed by atoms with Crippen LogP contribution in [0.5, 0.6) is 0 Å². The Hall–Kier alpha value is -0.980. The average molecular weight is 523 g/mol. The maximum absolute atomic E-state index is 5.62. The van der Waals surface area contributed by atoms with Crippen LogP contribution >= 0.6 is 24.0 Å². The summed E-state index contributed by atoms with van der Waals surface area (Å²) in [5.41, 5.74) is 0. The van der Waals surface area contributed by atoms with Crippen LogP contribution < -0.4 is 10.6 Å². The van der Waals surface area contributed by atoms with Crippen molar-refractivity contribution in [3.63, 3.8) is 0 Å². The molecule has 0 spiro atoms. The van der Waals surface area contributed by atoms with Crippen molar-refractivity contribution in [2.45, 2.75) is 39.7 Å². The summed E-state index contributed by atoms with van der Waals surface area (Å²) in [5.74, 6) is 2.56. The fraction of sp³-hybridized carbons (Fsp3) is 0.842. The third-order valence-corrected chi connectivity index (χ3v) is 4.79. The lowest BCUT2D eigenvalue weighted by atomic mass is 10.4. The van der Waals surface area contributed by atoms with Gasteiger partial charge in [0.2, 0.25) is 0 Å². The van der Waals surface area contributed by atoms with E-state index in [0.29, 0.717) is 6.54 Å². The van der Waals surface area contributed by atoms with E-state index in [9.17, 15) is 0 Å². The first-order chi connectivity index (χ1) is 13.7. The molecule has 0 atom stereocenters. The number of unbranched alkanes of at least 4 members (excludes halogenated alkanes) is 1. The number of halogens is 1. The van der Waals surface area contributed by atoms with Crippen molar-refractivity contribution in [3.05, 3.63) is 11.6 Å². The van der Waals surface area contributed by atoms with Gasteiger partial charge in [-0.15, -0.1) is 34.2 Å². The quantitative estimate of drug-likeness (QED) is 0.185. The molecule has 0 radical (unpaired) electrons.